The molecule has 0 aliphatic heterocycles. The molecule has 51 heavy (non-hydrogen) atoms. The molecule has 8 aromatic carbocycles. The summed E-state index contributed by atoms with van der Waals surface area (Å²) in [5.41, 5.74) is 9.10. The quantitative estimate of drug-likeness (QED) is 0.174. The number of benzene rings is 7. The maximum absolute atomic E-state index is 6.75. The van der Waals surface area contributed by atoms with Gasteiger partial charge in [0.25, 0.3) is 0 Å². The van der Waals surface area contributed by atoms with Crippen molar-refractivity contribution in [2.45, 2.75) is 0 Å². The highest BCUT2D eigenvalue weighted by Gasteiger charge is 2.19. The van der Waals surface area contributed by atoms with E-state index in [0.717, 1.165) is 66.0 Å². The fourth-order valence-corrected chi connectivity index (χ4v) is 8.26. The van der Waals surface area contributed by atoms with Crippen LogP contribution in [0, 0.1) is 0 Å². The molecule has 0 unspecified atom stereocenters. The first-order valence-electron chi connectivity index (χ1n) is 17.3. The first kappa shape index (κ1) is 28.0. The van der Waals surface area contributed by atoms with E-state index in [1.54, 1.807) is 0 Å². The lowest BCUT2D eigenvalue weighted by Crippen LogP contribution is -2.00. The summed E-state index contributed by atoms with van der Waals surface area (Å²) in [6.07, 6.45) is 1.90. The van der Waals surface area contributed by atoms with Crippen LogP contribution in [0.1, 0.15) is 0 Å². The van der Waals surface area contributed by atoms with Crippen LogP contribution in [-0.4, -0.2) is 14.1 Å². The molecule has 0 atom stereocenters. The molecule has 0 aliphatic rings. The van der Waals surface area contributed by atoms with Crippen molar-refractivity contribution in [1.29, 1.82) is 0 Å². The van der Waals surface area contributed by atoms with Crippen molar-refractivity contribution in [2.24, 2.45) is 0 Å². The SMILES string of the molecule is c1ccc(-n2c3ccccc3oc3cc4c(cc32)c2cccc(-n3c5ccccc5c5ccccc53)c2c2ccccc2c2cccnc24)cc1. The van der Waals surface area contributed by atoms with Crippen LogP contribution in [0.15, 0.2) is 180 Å². The zero-order valence-electron chi connectivity index (χ0n) is 27.5. The molecule has 3 heterocycles. The summed E-state index contributed by atoms with van der Waals surface area (Å²) < 4.78 is 11.5. The number of fused-ring (bicyclic) bond motifs is 13. The maximum Gasteiger partial charge on any atom is 0.152 e. The van der Waals surface area contributed by atoms with E-state index in [0.29, 0.717) is 0 Å². The first-order chi connectivity index (χ1) is 25.3. The van der Waals surface area contributed by atoms with Gasteiger partial charge < -0.3 is 13.6 Å². The maximum atomic E-state index is 6.75. The lowest BCUT2D eigenvalue weighted by atomic mass is 9.95. The summed E-state index contributed by atoms with van der Waals surface area (Å²) in [5, 5.41) is 10.3. The minimum Gasteiger partial charge on any atom is -0.453 e. The summed E-state index contributed by atoms with van der Waals surface area (Å²) in [6.45, 7) is 0. The monoisotopic (exact) mass is 651 g/mol. The molecule has 0 saturated carbocycles. The first-order valence-corrected chi connectivity index (χ1v) is 17.3. The zero-order chi connectivity index (χ0) is 33.5. The standard InChI is InChI=1S/C47H29N3O/c1-2-14-30(15-3-1)49-41-24-10-11-26-44(41)51-45-29-38-37(28-43(45)49)35-20-12-25-42(50-39-22-8-6-17-32(39)33-18-7-9-23-40(33)50)46(35)34-19-5-4-16-31(34)36-21-13-27-48-47(36)38/h1-29H. The van der Waals surface area contributed by atoms with Crippen molar-refractivity contribution in [3.8, 4) is 11.4 Å². The Morgan fingerprint density at radius 1 is 0.373 bits per heavy atom. The van der Waals surface area contributed by atoms with Crippen LogP contribution >= 0.6 is 0 Å². The van der Waals surface area contributed by atoms with Crippen molar-refractivity contribution in [3.05, 3.63) is 176 Å². The van der Waals surface area contributed by atoms with Crippen LogP contribution in [0.3, 0.4) is 0 Å². The van der Waals surface area contributed by atoms with Crippen LogP contribution in [0.2, 0.25) is 0 Å². The second-order valence-electron chi connectivity index (χ2n) is 13.1. The van der Waals surface area contributed by atoms with Gasteiger partial charge in [0.05, 0.1) is 33.3 Å². The Labute approximate surface area is 292 Å². The smallest absolute Gasteiger partial charge is 0.152 e. The highest BCUT2D eigenvalue weighted by Crippen LogP contribution is 2.42. The lowest BCUT2D eigenvalue weighted by molar-refractivity contribution is 0.654. The van der Waals surface area contributed by atoms with Gasteiger partial charge in [0.15, 0.2) is 11.2 Å². The predicted molar refractivity (Wildman–Crippen MR) is 213 cm³/mol. The Kier molecular flexibility index (Phi) is 5.92. The number of hydrogen-bond donors (Lipinski definition) is 0. The van der Waals surface area contributed by atoms with Crippen molar-refractivity contribution in [2.75, 3.05) is 0 Å². The molecule has 0 radical (unpaired) electrons. The number of pyridine rings is 1. The lowest BCUT2D eigenvalue weighted by Gasteiger charge is -2.18. The van der Waals surface area contributed by atoms with Gasteiger partial charge in [-0.15, -0.1) is 0 Å². The van der Waals surface area contributed by atoms with Crippen LogP contribution < -0.4 is 0 Å². The molecule has 11 aromatic rings. The molecule has 238 valence electrons. The fraction of sp³-hybridized carbons (Fsp3) is 0. The van der Waals surface area contributed by atoms with Crippen LogP contribution in [0.25, 0.3) is 98.6 Å². The van der Waals surface area contributed by atoms with Crippen molar-refractivity contribution in [3.63, 3.8) is 0 Å². The topological polar surface area (TPSA) is 35.9 Å². The summed E-state index contributed by atoms with van der Waals surface area (Å²) in [6, 6.07) is 60.6. The van der Waals surface area contributed by atoms with Crippen LogP contribution in [0.4, 0.5) is 0 Å². The molecular formula is C47H29N3O. The van der Waals surface area contributed by atoms with Gasteiger partial charge in [-0.1, -0.05) is 109 Å². The van der Waals surface area contributed by atoms with E-state index in [2.05, 4.69) is 161 Å². The molecule has 0 N–H and O–H groups in total. The third kappa shape index (κ3) is 4.05. The van der Waals surface area contributed by atoms with Gasteiger partial charge in [-0.05, 0) is 82.2 Å². The van der Waals surface area contributed by atoms with Gasteiger partial charge in [0.1, 0.15) is 0 Å². The Morgan fingerprint density at radius 2 is 0.980 bits per heavy atom. The van der Waals surface area contributed by atoms with Gasteiger partial charge in [0, 0.05) is 38.8 Å². The van der Waals surface area contributed by atoms with Gasteiger partial charge in [-0.25, -0.2) is 0 Å². The minimum absolute atomic E-state index is 0.793. The van der Waals surface area contributed by atoms with Crippen molar-refractivity contribution < 1.29 is 4.42 Å². The van der Waals surface area contributed by atoms with Gasteiger partial charge in [-0.2, -0.15) is 0 Å². The molecule has 3 aromatic heterocycles. The molecule has 0 amide bonds. The average molecular weight is 652 g/mol. The molecule has 11 rings (SSSR count). The van der Waals surface area contributed by atoms with Crippen molar-refractivity contribution in [1.82, 2.24) is 14.1 Å². The Morgan fingerprint density at radius 3 is 1.76 bits per heavy atom. The number of aromatic nitrogens is 3. The van der Waals surface area contributed by atoms with Crippen LogP contribution in [0.5, 0.6) is 0 Å². The molecular weight excluding hydrogens is 623 g/mol. The second-order valence-corrected chi connectivity index (χ2v) is 13.1. The molecule has 0 saturated heterocycles. The minimum atomic E-state index is 0.793. The normalized spacial score (nSPS) is 11.9. The number of rotatable bonds is 2. The molecule has 0 spiro atoms. The highest BCUT2D eigenvalue weighted by molar-refractivity contribution is 6.28. The van der Waals surface area contributed by atoms with E-state index in [4.69, 9.17) is 9.40 Å². The van der Waals surface area contributed by atoms with Gasteiger partial charge >= 0.3 is 0 Å². The van der Waals surface area contributed by atoms with Gasteiger partial charge in [-0.3, -0.25) is 4.98 Å². The Hall–Kier alpha value is -6.91. The summed E-state index contributed by atoms with van der Waals surface area (Å²) in [7, 11) is 0. The Bertz CT molecular complexity index is 3200. The highest BCUT2D eigenvalue weighted by atomic mass is 16.3. The average Bonchev–Trinajstić information content (AvgIpc) is 3.53. The summed E-state index contributed by atoms with van der Waals surface area (Å²) >= 11 is 0. The largest absolute Gasteiger partial charge is 0.453 e. The number of nitrogens with zero attached hydrogens (tertiary/aromatic N) is 3. The molecule has 4 nitrogen and oxygen atoms in total. The van der Waals surface area contributed by atoms with E-state index < -0.39 is 0 Å². The number of para-hydroxylation sites is 5. The third-order valence-corrected chi connectivity index (χ3v) is 10.4. The second kappa shape index (κ2) is 10.8. The van der Waals surface area contributed by atoms with E-state index in [1.165, 1.54) is 32.6 Å². The van der Waals surface area contributed by atoms with Gasteiger partial charge in [0.2, 0.25) is 0 Å². The zero-order valence-corrected chi connectivity index (χ0v) is 27.5. The molecule has 4 heteroatoms. The number of hydrogen-bond acceptors (Lipinski definition) is 2. The van der Waals surface area contributed by atoms with E-state index >= 15 is 0 Å². The predicted octanol–water partition coefficient (Wildman–Crippen LogP) is 12.6. The van der Waals surface area contributed by atoms with Crippen LogP contribution in [-0.2, 0) is 0 Å². The fourth-order valence-electron chi connectivity index (χ4n) is 8.26. The van der Waals surface area contributed by atoms with Crippen molar-refractivity contribution >= 4 is 87.2 Å². The molecule has 0 aliphatic carbocycles. The summed E-state index contributed by atoms with van der Waals surface area (Å²) in [4.78, 5) is 5.08. The van der Waals surface area contributed by atoms with E-state index in [1.807, 2.05) is 24.4 Å². The van der Waals surface area contributed by atoms with E-state index in [-0.39, 0.29) is 0 Å². The Balaban J connectivity index is 1.43. The molecule has 0 bridgehead atoms. The third-order valence-electron chi connectivity index (χ3n) is 10.4. The van der Waals surface area contributed by atoms with E-state index in [9.17, 15) is 0 Å². The molecule has 0 fully saturated rings. The summed E-state index contributed by atoms with van der Waals surface area (Å²) in [5.74, 6) is 0.